The molecule has 12 heavy (non-hydrogen) atoms. The maximum absolute atomic E-state index is 5.86. The highest BCUT2D eigenvalue weighted by Crippen LogP contribution is 2.18. The minimum Gasteiger partial charge on any atom is -0.497 e. The summed E-state index contributed by atoms with van der Waals surface area (Å²) < 4.78 is 5.05. The molecule has 0 amide bonds. The van der Waals surface area contributed by atoms with Crippen LogP contribution in [0.25, 0.3) is 0 Å². The highest BCUT2D eigenvalue weighted by molar-refractivity contribution is 5.25. The van der Waals surface area contributed by atoms with Crippen molar-refractivity contribution in [1.29, 1.82) is 0 Å². The van der Waals surface area contributed by atoms with E-state index in [1.54, 1.807) is 19.4 Å². The molecule has 0 aliphatic carbocycles. The molecule has 0 atom stereocenters. The molecule has 0 saturated carbocycles. The number of pyridine rings is 1. The van der Waals surface area contributed by atoms with Crippen LogP contribution >= 0.6 is 0 Å². The Bertz CT molecular complexity index is 265. The van der Waals surface area contributed by atoms with Crippen molar-refractivity contribution in [2.45, 2.75) is 19.4 Å². The predicted molar refractivity (Wildman–Crippen MR) is 48.0 cm³/mol. The molecule has 3 nitrogen and oxygen atoms in total. The second kappa shape index (κ2) is 3.11. The summed E-state index contributed by atoms with van der Waals surface area (Å²) in [6, 6.07) is 3.65. The Balaban J connectivity index is 3.02. The van der Waals surface area contributed by atoms with Gasteiger partial charge in [-0.05, 0) is 19.9 Å². The highest BCUT2D eigenvalue weighted by Gasteiger charge is 2.15. The summed E-state index contributed by atoms with van der Waals surface area (Å²) in [7, 11) is 1.63. The lowest BCUT2D eigenvalue weighted by atomic mass is 10.0. The lowest BCUT2D eigenvalue weighted by Crippen LogP contribution is -2.29. The average Bonchev–Trinajstić information content (AvgIpc) is 2.03. The second-order valence-electron chi connectivity index (χ2n) is 3.30. The Kier molecular flexibility index (Phi) is 2.33. The van der Waals surface area contributed by atoms with Gasteiger partial charge in [-0.1, -0.05) is 0 Å². The molecule has 0 aliphatic heterocycles. The molecule has 1 aromatic heterocycles. The zero-order valence-electron chi connectivity index (χ0n) is 7.66. The third kappa shape index (κ3) is 1.95. The molecule has 0 aliphatic rings. The van der Waals surface area contributed by atoms with Crippen LogP contribution in [0.15, 0.2) is 18.3 Å². The standard InChI is InChI=1S/C9H14N2O/c1-9(2,10)8-6-7(12-3)4-5-11-8/h4-6H,10H2,1-3H3. The third-order valence-corrected chi connectivity index (χ3v) is 1.63. The molecule has 0 spiro atoms. The van der Waals surface area contributed by atoms with Gasteiger partial charge in [0.25, 0.3) is 0 Å². The van der Waals surface area contributed by atoms with Crippen molar-refractivity contribution in [1.82, 2.24) is 4.98 Å². The van der Waals surface area contributed by atoms with Crippen molar-refractivity contribution in [3.8, 4) is 5.75 Å². The number of nitrogens with two attached hydrogens (primary N) is 1. The minimum absolute atomic E-state index is 0.408. The zero-order chi connectivity index (χ0) is 9.19. The van der Waals surface area contributed by atoms with Gasteiger partial charge < -0.3 is 10.5 Å². The normalized spacial score (nSPS) is 11.3. The third-order valence-electron chi connectivity index (χ3n) is 1.63. The number of rotatable bonds is 2. The van der Waals surface area contributed by atoms with Gasteiger partial charge in [0, 0.05) is 12.3 Å². The van der Waals surface area contributed by atoms with E-state index in [-0.39, 0.29) is 0 Å². The quantitative estimate of drug-likeness (QED) is 0.720. The number of hydrogen-bond donors (Lipinski definition) is 1. The lowest BCUT2D eigenvalue weighted by molar-refractivity contribution is 0.410. The van der Waals surface area contributed by atoms with Crippen LogP contribution in [0, 0.1) is 0 Å². The van der Waals surface area contributed by atoms with Crippen molar-refractivity contribution >= 4 is 0 Å². The maximum Gasteiger partial charge on any atom is 0.122 e. The highest BCUT2D eigenvalue weighted by atomic mass is 16.5. The fourth-order valence-corrected chi connectivity index (χ4v) is 0.890. The fraction of sp³-hybridized carbons (Fsp3) is 0.444. The Labute approximate surface area is 72.6 Å². The van der Waals surface area contributed by atoms with Crippen molar-refractivity contribution in [3.05, 3.63) is 24.0 Å². The van der Waals surface area contributed by atoms with E-state index in [1.807, 2.05) is 19.9 Å². The van der Waals surface area contributed by atoms with Gasteiger partial charge >= 0.3 is 0 Å². The first-order chi connectivity index (χ1) is 5.54. The Morgan fingerprint density at radius 2 is 2.17 bits per heavy atom. The summed E-state index contributed by atoms with van der Waals surface area (Å²) in [6.45, 7) is 3.82. The Morgan fingerprint density at radius 1 is 1.50 bits per heavy atom. The number of aromatic nitrogens is 1. The Morgan fingerprint density at radius 3 is 2.67 bits per heavy atom. The van der Waals surface area contributed by atoms with Crippen LogP contribution in [0.5, 0.6) is 5.75 Å². The van der Waals surface area contributed by atoms with Crippen LogP contribution in [-0.2, 0) is 5.54 Å². The van der Waals surface area contributed by atoms with E-state index >= 15 is 0 Å². The van der Waals surface area contributed by atoms with Gasteiger partial charge in [0.15, 0.2) is 0 Å². The Hall–Kier alpha value is -1.09. The molecule has 0 saturated heterocycles. The molecular formula is C9H14N2O. The molecule has 0 bridgehead atoms. The van der Waals surface area contributed by atoms with Gasteiger partial charge in [0.05, 0.1) is 18.3 Å². The molecule has 0 aromatic carbocycles. The van der Waals surface area contributed by atoms with Gasteiger partial charge in [-0.3, -0.25) is 4.98 Å². The fourth-order valence-electron chi connectivity index (χ4n) is 0.890. The summed E-state index contributed by atoms with van der Waals surface area (Å²) in [5.41, 5.74) is 6.29. The van der Waals surface area contributed by atoms with Gasteiger partial charge in [0.1, 0.15) is 5.75 Å². The molecule has 2 N–H and O–H groups in total. The lowest BCUT2D eigenvalue weighted by Gasteiger charge is -2.17. The molecule has 1 heterocycles. The summed E-state index contributed by atoms with van der Waals surface area (Å²) in [5, 5.41) is 0. The number of methoxy groups -OCH3 is 1. The van der Waals surface area contributed by atoms with E-state index in [9.17, 15) is 0 Å². The van der Waals surface area contributed by atoms with Crippen molar-refractivity contribution in [2.75, 3.05) is 7.11 Å². The molecule has 1 rings (SSSR count). The molecule has 1 aromatic rings. The first kappa shape index (κ1) is 9.00. The van der Waals surface area contributed by atoms with E-state index in [4.69, 9.17) is 10.5 Å². The van der Waals surface area contributed by atoms with Gasteiger partial charge in [-0.25, -0.2) is 0 Å². The SMILES string of the molecule is COc1ccnc(C(C)(C)N)c1. The molecule has 0 radical (unpaired) electrons. The first-order valence-corrected chi connectivity index (χ1v) is 3.83. The summed E-state index contributed by atoms with van der Waals surface area (Å²) in [6.07, 6.45) is 1.70. The number of hydrogen-bond acceptors (Lipinski definition) is 3. The smallest absolute Gasteiger partial charge is 0.122 e. The average molecular weight is 166 g/mol. The van der Waals surface area contributed by atoms with Crippen LogP contribution in [0.3, 0.4) is 0 Å². The largest absolute Gasteiger partial charge is 0.497 e. The molecule has 0 unspecified atom stereocenters. The molecule has 3 heteroatoms. The number of ether oxygens (including phenoxy) is 1. The first-order valence-electron chi connectivity index (χ1n) is 3.83. The van der Waals surface area contributed by atoms with Crippen LogP contribution < -0.4 is 10.5 Å². The second-order valence-corrected chi connectivity index (χ2v) is 3.30. The van der Waals surface area contributed by atoms with Crippen molar-refractivity contribution in [3.63, 3.8) is 0 Å². The van der Waals surface area contributed by atoms with Crippen molar-refractivity contribution < 1.29 is 4.74 Å². The van der Waals surface area contributed by atoms with Crippen molar-refractivity contribution in [2.24, 2.45) is 5.73 Å². The van der Waals surface area contributed by atoms with Gasteiger partial charge in [0.2, 0.25) is 0 Å². The zero-order valence-corrected chi connectivity index (χ0v) is 7.66. The van der Waals surface area contributed by atoms with Crippen LogP contribution in [-0.4, -0.2) is 12.1 Å². The van der Waals surface area contributed by atoms with Crippen LogP contribution in [0.1, 0.15) is 19.5 Å². The minimum atomic E-state index is -0.408. The van der Waals surface area contributed by atoms with E-state index in [2.05, 4.69) is 4.98 Å². The van der Waals surface area contributed by atoms with E-state index in [0.29, 0.717) is 0 Å². The summed E-state index contributed by atoms with van der Waals surface area (Å²) in [4.78, 5) is 4.15. The topological polar surface area (TPSA) is 48.1 Å². The summed E-state index contributed by atoms with van der Waals surface area (Å²) in [5.74, 6) is 0.790. The van der Waals surface area contributed by atoms with Crippen LogP contribution in [0.2, 0.25) is 0 Å². The number of nitrogens with zero attached hydrogens (tertiary/aromatic N) is 1. The van der Waals surface area contributed by atoms with Crippen LogP contribution in [0.4, 0.5) is 0 Å². The maximum atomic E-state index is 5.86. The molecule has 66 valence electrons. The van der Waals surface area contributed by atoms with E-state index in [1.165, 1.54) is 0 Å². The molecule has 0 fully saturated rings. The summed E-state index contributed by atoms with van der Waals surface area (Å²) >= 11 is 0. The van der Waals surface area contributed by atoms with E-state index in [0.717, 1.165) is 11.4 Å². The molecular weight excluding hydrogens is 152 g/mol. The monoisotopic (exact) mass is 166 g/mol. The predicted octanol–water partition coefficient (Wildman–Crippen LogP) is 1.28. The van der Waals surface area contributed by atoms with Gasteiger partial charge in [-0.15, -0.1) is 0 Å². The van der Waals surface area contributed by atoms with E-state index < -0.39 is 5.54 Å². The van der Waals surface area contributed by atoms with Gasteiger partial charge in [-0.2, -0.15) is 0 Å².